The maximum atomic E-state index is 5.98. The predicted octanol–water partition coefficient (Wildman–Crippen LogP) is 1.55. The van der Waals surface area contributed by atoms with E-state index in [9.17, 15) is 0 Å². The van der Waals surface area contributed by atoms with Crippen molar-refractivity contribution in [2.75, 3.05) is 11.6 Å². The van der Waals surface area contributed by atoms with Crippen LogP contribution in [0.2, 0.25) is 10.0 Å². The molecule has 0 unspecified atom stereocenters. The molecule has 0 saturated heterocycles. The summed E-state index contributed by atoms with van der Waals surface area (Å²) in [6, 6.07) is 4.99. The molecule has 2 rings (SSSR count). The van der Waals surface area contributed by atoms with Crippen molar-refractivity contribution >= 4 is 29.2 Å². The highest BCUT2D eigenvalue weighted by Gasteiger charge is 2.12. The SMILES string of the molecule is Nc1nnc(-c2ccc(Cl)cc2Cl)n1N. The van der Waals surface area contributed by atoms with E-state index in [0.29, 0.717) is 21.4 Å². The van der Waals surface area contributed by atoms with Crippen molar-refractivity contribution in [3.05, 3.63) is 28.2 Å². The summed E-state index contributed by atoms with van der Waals surface area (Å²) in [6.07, 6.45) is 0. The van der Waals surface area contributed by atoms with Crippen molar-refractivity contribution in [2.45, 2.75) is 0 Å². The van der Waals surface area contributed by atoms with Crippen LogP contribution in [0.3, 0.4) is 0 Å². The third kappa shape index (κ3) is 1.71. The molecule has 0 fully saturated rings. The van der Waals surface area contributed by atoms with Crippen molar-refractivity contribution < 1.29 is 0 Å². The van der Waals surface area contributed by atoms with E-state index in [1.165, 1.54) is 0 Å². The second-order valence-electron chi connectivity index (χ2n) is 2.88. The van der Waals surface area contributed by atoms with Crippen LogP contribution >= 0.6 is 23.2 Å². The lowest BCUT2D eigenvalue weighted by Gasteiger charge is -2.03. The molecular weight excluding hydrogens is 237 g/mol. The zero-order valence-electron chi connectivity index (χ0n) is 7.48. The smallest absolute Gasteiger partial charge is 0.241 e. The number of rotatable bonds is 1. The van der Waals surface area contributed by atoms with Gasteiger partial charge < -0.3 is 11.6 Å². The zero-order chi connectivity index (χ0) is 11.0. The average Bonchev–Trinajstić information content (AvgIpc) is 2.49. The molecule has 0 aliphatic carbocycles. The first-order chi connectivity index (χ1) is 7.09. The van der Waals surface area contributed by atoms with Crippen LogP contribution in [0.15, 0.2) is 18.2 Å². The minimum absolute atomic E-state index is 0.121. The van der Waals surface area contributed by atoms with E-state index in [1.54, 1.807) is 18.2 Å². The van der Waals surface area contributed by atoms with Gasteiger partial charge in [-0.15, -0.1) is 10.2 Å². The molecule has 5 nitrogen and oxygen atoms in total. The number of nitrogens with two attached hydrogens (primary N) is 2. The number of aromatic nitrogens is 3. The van der Waals surface area contributed by atoms with Gasteiger partial charge in [-0.1, -0.05) is 23.2 Å². The van der Waals surface area contributed by atoms with Crippen LogP contribution in [0.4, 0.5) is 5.95 Å². The van der Waals surface area contributed by atoms with Crippen LogP contribution in [0.25, 0.3) is 11.4 Å². The third-order valence-corrected chi connectivity index (χ3v) is 2.44. The Balaban J connectivity index is 2.59. The van der Waals surface area contributed by atoms with Crippen molar-refractivity contribution in [1.82, 2.24) is 14.9 Å². The van der Waals surface area contributed by atoms with E-state index in [1.807, 2.05) is 0 Å². The van der Waals surface area contributed by atoms with E-state index in [2.05, 4.69) is 10.2 Å². The lowest BCUT2D eigenvalue weighted by molar-refractivity contribution is 1.02. The normalized spacial score (nSPS) is 10.5. The summed E-state index contributed by atoms with van der Waals surface area (Å²) in [5.41, 5.74) is 6.09. The fraction of sp³-hybridized carbons (Fsp3) is 0. The van der Waals surface area contributed by atoms with E-state index in [4.69, 9.17) is 34.8 Å². The van der Waals surface area contributed by atoms with Gasteiger partial charge in [0, 0.05) is 10.6 Å². The lowest BCUT2D eigenvalue weighted by Crippen LogP contribution is -2.13. The number of benzene rings is 1. The number of anilines is 1. The first kappa shape index (κ1) is 10.1. The Morgan fingerprint density at radius 3 is 2.47 bits per heavy atom. The molecule has 2 aromatic rings. The molecule has 0 radical (unpaired) electrons. The maximum Gasteiger partial charge on any atom is 0.241 e. The van der Waals surface area contributed by atoms with Gasteiger partial charge in [-0.25, -0.2) is 4.68 Å². The molecule has 15 heavy (non-hydrogen) atoms. The Morgan fingerprint density at radius 2 is 1.93 bits per heavy atom. The molecule has 0 spiro atoms. The van der Waals surface area contributed by atoms with E-state index in [0.717, 1.165) is 4.68 Å². The summed E-state index contributed by atoms with van der Waals surface area (Å²) in [5.74, 6) is 6.14. The predicted molar refractivity (Wildman–Crippen MR) is 60.0 cm³/mol. The largest absolute Gasteiger partial charge is 0.366 e. The molecule has 0 bridgehead atoms. The number of hydrogen-bond acceptors (Lipinski definition) is 4. The van der Waals surface area contributed by atoms with Gasteiger partial charge in [0.1, 0.15) is 0 Å². The number of hydrogen-bond donors (Lipinski definition) is 2. The number of nitrogen functional groups attached to an aromatic ring is 2. The Bertz CT molecular complexity index is 508. The first-order valence-electron chi connectivity index (χ1n) is 4.01. The van der Waals surface area contributed by atoms with Gasteiger partial charge in [0.15, 0.2) is 5.82 Å². The molecule has 0 saturated carbocycles. The van der Waals surface area contributed by atoms with Crippen molar-refractivity contribution in [3.63, 3.8) is 0 Å². The zero-order valence-corrected chi connectivity index (χ0v) is 9.00. The van der Waals surface area contributed by atoms with Crippen molar-refractivity contribution in [2.24, 2.45) is 0 Å². The minimum Gasteiger partial charge on any atom is -0.366 e. The molecule has 7 heteroatoms. The molecule has 0 atom stereocenters. The summed E-state index contributed by atoms with van der Waals surface area (Å²) in [7, 11) is 0. The molecule has 1 aromatic heterocycles. The summed E-state index contributed by atoms with van der Waals surface area (Å²) in [6.45, 7) is 0. The van der Waals surface area contributed by atoms with Gasteiger partial charge in [-0.2, -0.15) is 0 Å². The summed E-state index contributed by atoms with van der Waals surface area (Å²) >= 11 is 11.7. The molecular formula is C8H7Cl2N5. The van der Waals surface area contributed by atoms with Crippen LogP contribution in [-0.2, 0) is 0 Å². The Labute approximate surface area is 95.6 Å². The Kier molecular flexibility index (Phi) is 2.42. The Morgan fingerprint density at radius 1 is 1.20 bits per heavy atom. The van der Waals surface area contributed by atoms with Crippen LogP contribution in [0.1, 0.15) is 0 Å². The monoisotopic (exact) mass is 243 g/mol. The molecule has 1 aromatic carbocycles. The van der Waals surface area contributed by atoms with E-state index >= 15 is 0 Å². The fourth-order valence-electron chi connectivity index (χ4n) is 1.16. The topological polar surface area (TPSA) is 82.8 Å². The second kappa shape index (κ2) is 3.60. The summed E-state index contributed by atoms with van der Waals surface area (Å²) in [5, 5.41) is 8.43. The van der Waals surface area contributed by atoms with Gasteiger partial charge in [0.25, 0.3) is 0 Å². The van der Waals surface area contributed by atoms with Gasteiger partial charge in [-0.05, 0) is 18.2 Å². The average molecular weight is 244 g/mol. The summed E-state index contributed by atoms with van der Waals surface area (Å²) < 4.78 is 1.16. The highest BCUT2D eigenvalue weighted by Crippen LogP contribution is 2.28. The van der Waals surface area contributed by atoms with E-state index in [-0.39, 0.29) is 5.95 Å². The summed E-state index contributed by atoms with van der Waals surface area (Å²) in [4.78, 5) is 0. The second-order valence-corrected chi connectivity index (χ2v) is 3.72. The van der Waals surface area contributed by atoms with Crippen molar-refractivity contribution in [1.29, 1.82) is 0 Å². The van der Waals surface area contributed by atoms with Crippen molar-refractivity contribution in [3.8, 4) is 11.4 Å². The molecule has 4 N–H and O–H groups in total. The minimum atomic E-state index is 0.121. The number of halogens is 2. The van der Waals surface area contributed by atoms with E-state index < -0.39 is 0 Å². The van der Waals surface area contributed by atoms with Crippen LogP contribution in [0, 0.1) is 0 Å². The highest BCUT2D eigenvalue weighted by atomic mass is 35.5. The quantitative estimate of drug-likeness (QED) is 0.745. The first-order valence-corrected chi connectivity index (χ1v) is 4.76. The standard InChI is InChI=1S/C8H7Cl2N5/c9-4-1-2-5(6(10)3-4)7-13-14-8(11)15(7)12/h1-3H,12H2,(H2,11,14). The number of nitrogens with zero attached hydrogens (tertiary/aromatic N) is 3. The van der Waals surface area contributed by atoms with Crippen LogP contribution in [-0.4, -0.2) is 14.9 Å². The fourth-order valence-corrected chi connectivity index (χ4v) is 1.65. The molecule has 0 amide bonds. The Hall–Kier alpha value is -1.46. The van der Waals surface area contributed by atoms with Gasteiger partial charge in [0.05, 0.1) is 5.02 Å². The van der Waals surface area contributed by atoms with Gasteiger partial charge in [-0.3, -0.25) is 0 Å². The molecule has 0 aliphatic rings. The van der Waals surface area contributed by atoms with Gasteiger partial charge in [0.2, 0.25) is 5.95 Å². The highest BCUT2D eigenvalue weighted by molar-refractivity contribution is 6.36. The third-order valence-electron chi connectivity index (χ3n) is 1.89. The molecule has 78 valence electrons. The molecule has 1 heterocycles. The van der Waals surface area contributed by atoms with Crippen LogP contribution < -0.4 is 11.6 Å². The lowest BCUT2D eigenvalue weighted by atomic mass is 10.2. The van der Waals surface area contributed by atoms with Gasteiger partial charge >= 0.3 is 0 Å². The van der Waals surface area contributed by atoms with Crippen LogP contribution in [0.5, 0.6) is 0 Å². The maximum absolute atomic E-state index is 5.98. The molecule has 0 aliphatic heterocycles.